The summed E-state index contributed by atoms with van der Waals surface area (Å²) < 4.78 is 28.5. The van der Waals surface area contributed by atoms with Crippen molar-refractivity contribution in [2.45, 2.75) is 44.9 Å². The van der Waals surface area contributed by atoms with Crippen LogP contribution in [0.1, 0.15) is 44.9 Å². The van der Waals surface area contributed by atoms with E-state index in [0.29, 0.717) is 25.6 Å². The molecule has 0 amide bonds. The van der Waals surface area contributed by atoms with Crippen LogP contribution in [0, 0.1) is 11.8 Å². The first-order valence-corrected chi connectivity index (χ1v) is 8.91. The van der Waals surface area contributed by atoms with Crippen molar-refractivity contribution in [3.63, 3.8) is 0 Å². The summed E-state index contributed by atoms with van der Waals surface area (Å²) in [6.45, 7) is 1.66. The number of aliphatic hydroxyl groups excluding tert-OH is 1. The molecule has 19 heavy (non-hydrogen) atoms. The minimum Gasteiger partial charge on any atom is -0.396 e. The van der Waals surface area contributed by atoms with Crippen LogP contribution in [-0.2, 0) is 10.2 Å². The Hall–Kier alpha value is -0.170. The maximum absolute atomic E-state index is 12.2. The Balaban J connectivity index is 1.76. The molecule has 1 heterocycles. The van der Waals surface area contributed by atoms with Crippen molar-refractivity contribution in [2.75, 3.05) is 26.2 Å². The molecule has 1 unspecified atom stereocenters. The summed E-state index contributed by atoms with van der Waals surface area (Å²) in [5.41, 5.74) is 0. The molecule has 1 aliphatic heterocycles. The molecule has 5 nitrogen and oxygen atoms in total. The predicted octanol–water partition coefficient (Wildman–Crippen LogP) is 1.11. The summed E-state index contributed by atoms with van der Waals surface area (Å²) in [5, 5.41) is 9.15. The lowest BCUT2D eigenvalue weighted by Crippen LogP contribution is -2.46. The van der Waals surface area contributed by atoms with E-state index in [1.807, 2.05) is 0 Å². The number of piperidine rings is 1. The fraction of sp³-hybridized carbons (Fsp3) is 1.00. The highest BCUT2D eigenvalue weighted by Gasteiger charge is 2.28. The molecule has 2 rings (SSSR count). The van der Waals surface area contributed by atoms with Gasteiger partial charge in [-0.25, -0.2) is 4.72 Å². The Labute approximate surface area is 116 Å². The molecular formula is C13H26N2O3S. The van der Waals surface area contributed by atoms with Gasteiger partial charge in [0.05, 0.1) is 0 Å². The van der Waals surface area contributed by atoms with E-state index < -0.39 is 10.2 Å². The van der Waals surface area contributed by atoms with Crippen LogP contribution in [0.4, 0.5) is 0 Å². The van der Waals surface area contributed by atoms with E-state index in [-0.39, 0.29) is 12.5 Å². The normalized spacial score (nSPS) is 26.9. The monoisotopic (exact) mass is 290 g/mol. The van der Waals surface area contributed by atoms with E-state index in [9.17, 15) is 8.42 Å². The number of nitrogens with one attached hydrogen (secondary N) is 1. The molecule has 0 aromatic carbocycles. The highest BCUT2D eigenvalue weighted by atomic mass is 32.2. The van der Waals surface area contributed by atoms with Gasteiger partial charge in [-0.15, -0.1) is 0 Å². The number of hydrogen-bond donors (Lipinski definition) is 2. The molecule has 1 saturated carbocycles. The largest absolute Gasteiger partial charge is 0.396 e. The van der Waals surface area contributed by atoms with E-state index in [2.05, 4.69) is 4.72 Å². The van der Waals surface area contributed by atoms with Gasteiger partial charge < -0.3 is 5.11 Å². The number of rotatable bonds is 6. The second-order valence-electron chi connectivity index (χ2n) is 5.89. The third-order valence-corrected chi connectivity index (χ3v) is 5.97. The minimum atomic E-state index is -3.35. The van der Waals surface area contributed by atoms with Crippen LogP contribution in [0.5, 0.6) is 0 Å². The summed E-state index contributed by atoms with van der Waals surface area (Å²) >= 11 is 0. The Morgan fingerprint density at radius 3 is 2.47 bits per heavy atom. The molecule has 2 aliphatic rings. The number of aliphatic hydroxyl groups is 1. The van der Waals surface area contributed by atoms with E-state index in [0.717, 1.165) is 19.3 Å². The predicted molar refractivity (Wildman–Crippen MR) is 74.9 cm³/mol. The highest BCUT2D eigenvalue weighted by molar-refractivity contribution is 7.87. The molecule has 0 bridgehead atoms. The second-order valence-corrected chi connectivity index (χ2v) is 7.64. The third kappa shape index (κ3) is 4.41. The fourth-order valence-corrected chi connectivity index (χ4v) is 4.51. The number of hydrogen-bond acceptors (Lipinski definition) is 3. The van der Waals surface area contributed by atoms with E-state index in [1.165, 1.54) is 30.0 Å². The Kier molecular flexibility index (Phi) is 5.62. The summed E-state index contributed by atoms with van der Waals surface area (Å²) in [6.07, 6.45) is 7.80. The van der Waals surface area contributed by atoms with Crippen LogP contribution in [0.25, 0.3) is 0 Å². The zero-order valence-corrected chi connectivity index (χ0v) is 12.4. The minimum absolute atomic E-state index is 0.0775. The van der Waals surface area contributed by atoms with Crippen LogP contribution in [0.15, 0.2) is 0 Å². The molecule has 6 heteroatoms. The average molecular weight is 290 g/mol. The molecule has 112 valence electrons. The van der Waals surface area contributed by atoms with Gasteiger partial charge in [0.25, 0.3) is 10.2 Å². The van der Waals surface area contributed by atoms with Crippen LogP contribution in [0.2, 0.25) is 0 Å². The van der Waals surface area contributed by atoms with E-state index >= 15 is 0 Å². The van der Waals surface area contributed by atoms with Gasteiger partial charge in [0, 0.05) is 26.2 Å². The SMILES string of the molecule is O=S(=O)(NCCC1CCCC1)N1CCCC(CO)C1. The van der Waals surface area contributed by atoms with Crippen molar-refractivity contribution in [2.24, 2.45) is 11.8 Å². The van der Waals surface area contributed by atoms with Crippen LogP contribution in [0.3, 0.4) is 0 Å². The highest BCUT2D eigenvalue weighted by Crippen LogP contribution is 2.27. The van der Waals surface area contributed by atoms with Crippen molar-refractivity contribution in [1.82, 2.24) is 9.03 Å². The Morgan fingerprint density at radius 2 is 1.79 bits per heavy atom. The van der Waals surface area contributed by atoms with Crippen LogP contribution in [-0.4, -0.2) is 44.1 Å². The molecule has 0 aromatic rings. The van der Waals surface area contributed by atoms with Crippen molar-refractivity contribution < 1.29 is 13.5 Å². The lowest BCUT2D eigenvalue weighted by Gasteiger charge is -2.31. The zero-order valence-electron chi connectivity index (χ0n) is 11.6. The molecular weight excluding hydrogens is 264 g/mol. The Morgan fingerprint density at radius 1 is 1.11 bits per heavy atom. The van der Waals surface area contributed by atoms with Crippen molar-refractivity contribution in [3.8, 4) is 0 Å². The standard InChI is InChI=1S/C13H26N2O3S/c16-11-13-6-3-9-15(10-13)19(17,18)14-8-7-12-4-1-2-5-12/h12-14,16H,1-11H2. The number of nitrogens with zero attached hydrogens (tertiary/aromatic N) is 1. The van der Waals surface area contributed by atoms with Gasteiger partial charge in [-0.05, 0) is 31.1 Å². The first kappa shape index (κ1) is 15.2. The summed E-state index contributed by atoms with van der Waals surface area (Å²) in [6, 6.07) is 0. The smallest absolute Gasteiger partial charge is 0.279 e. The average Bonchev–Trinajstić information content (AvgIpc) is 2.92. The Bertz CT molecular complexity index is 366. The molecule has 2 N–H and O–H groups in total. The van der Waals surface area contributed by atoms with Crippen molar-refractivity contribution in [3.05, 3.63) is 0 Å². The van der Waals surface area contributed by atoms with E-state index in [4.69, 9.17) is 5.11 Å². The van der Waals surface area contributed by atoms with Crippen molar-refractivity contribution >= 4 is 10.2 Å². The van der Waals surface area contributed by atoms with Gasteiger partial charge in [0.2, 0.25) is 0 Å². The van der Waals surface area contributed by atoms with Crippen LogP contribution < -0.4 is 4.72 Å². The van der Waals surface area contributed by atoms with Crippen LogP contribution >= 0.6 is 0 Å². The molecule has 1 atom stereocenters. The molecule has 0 spiro atoms. The summed E-state index contributed by atoms with van der Waals surface area (Å²) in [5.74, 6) is 0.800. The van der Waals surface area contributed by atoms with Gasteiger partial charge in [-0.1, -0.05) is 25.7 Å². The van der Waals surface area contributed by atoms with Gasteiger partial charge in [-0.3, -0.25) is 0 Å². The first-order valence-electron chi connectivity index (χ1n) is 7.47. The zero-order chi connectivity index (χ0) is 13.7. The quantitative estimate of drug-likeness (QED) is 0.770. The lowest BCUT2D eigenvalue weighted by atomic mass is 10.0. The van der Waals surface area contributed by atoms with Gasteiger partial charge in [0.1, 0.15) is 0 Å². The van der Waals surface area contributed by atoms with Crippen molar-refractivity contribution in [1.29, 1.82) is 0 Å². The maximum Gasteiger partial charge on any atom is 0.279 e. The third-order valence-electron chi connectivity index (χ3n) is 4.39. The van der Waals surface area contributed by atoms with Gasteiger partial charge in [-0.2, -0.15) is 12.7 Å². The maximum atomic E-state index is 12.2. The molecule has 0 radical (unpaired) electrons. The molecule has 0 aromatic heterocycles. The molecule has 1 aliphatic carbocycles. The first-order chi connectivity index (χ1) is 9.12. The molecule has 1 saturated heterocycles. The summed E-state index contributed by atoms with van der Waals surface area (Å²) in [7, 11) is -3.35. The fourth-order valence-electron chi connectivity index (χ4n) is 3.18. The van der Waals surface area contributed by atoms with E-state index in [1.54, 1.807) is 0 Å². The second kappa shape index (κ2) is 7.02. The van der Waals surface area contributed by atoms with Gasteiger partial charge >= 0.3 is 0 Å². The summed E-state index contributed by atoms with van der Waals surface area (Å²) in [4.78, 5) is 0. The van der Waals surface area contributed by atoms with Gasteiger partial charge in [0.15, 0.2) is 0 Å². The molecule has 2 fully saturated rings. The lowest BCUT2D eigenvalue weighted by molar-refractivity contribution is 0.164. The topological polar surface area (TPSA) is 69.6 Å².